The molecule has 0 saturated heterocycles. The van der Waals surface area contributed by atoms with E-state index in [9.17, 15) is 9.59 Å². The summed E-state index contributed by atoms with van der Waals surface area (Å²) in [5, 5.41) is 11.2. The van der Waals surface area contributed by atoms with Gasteiger partial charge in [-0.1, -0.05) is 23.9 Å². The van der Waals surface area contributed by atoms with Crippen molar-refractivity contribution >= 4 is 35.0 Å². The Morgan fingerprint density at radius 3 is 2.41 bits per heavy atom. The van der Waals surface area contributed by atoms with Crippen LogP contribution < -0.4 is 24.4 Å². The Balaban J connectivity index is 1.54. The molecule has 0 unspecified atom stereocenters. The van der Waals surface area contributed by atoms with Gasteiger partial charge in [0, 0.05) is 5.56 Å². The van der Waals surface area contributed by atoms with E-state index in [-0.39, 0.29) is 28.7 Å². The molecule has 2 amide bonds. The first kappa shape index (κ1) is 23.4. The zero-order valence-corrected chi connectivity index (χ0v) is 20.2. The zero-order valence-electron chi connectivity index (χ0n) is 19.4. The molecule has 0 spiro atoms. The normalized spacial score (nSPS) is 14.3. The summed E-state index contributed by atoms with van der Waals surface area (Å²) in [5.74, 6) is 1.06. The van der Waals surface area contributed by atoms with Crippen molar-refractivity contribution in [1.82, 2.24) is 10.2 Å². The van der Waals surface area contributed by atoms with Crippen LogP contribution in [-0.4, -0.2) is 54.6 Å². The number of thioether (sulfide) groups is 1. The van der Waals surface area contributed by atoms with E-state index in [1.54, 1.807) is 44.2 Å². The Morgan fingerprint density at radius 1 is 1.09 bits per heavy atom. The molecule has 1 aliphatic rings. The van der Waals surface area contributed by atoms with Crippen molar-refractivity contribution in [2.24, 2.45) is 0 Å². The molecule has 0 atom stereocenters. The van der Waals surface area contributed by atoms with E-state index in [1.165, 1.54) is 26.2 Å². The van der Waals surface area contributed by atoms with E-state index >= 15 is 0 Å². The monoisotopic (exact) mass is 484 g/mol. The highest BCUT2D eigenvalue weighted by atomic mass is 32.2. The lowest BCUT2D eigenvalue weighted by molar-refractivity contribution is -0.125. The van der Waals surface area contributed by atoms with Crippen molar-refractivity contribution in [3.05, 3.63) is 36.4 Å². The molecule has 1 aliphatic heterocycles. The van der Waals surface area contributed by atoms with Gasteiger partial charge in [0.1, 0.15) is 5.54 Å². The van der Waals surface area contributed by atoms with Gasteiger partial charge in [-0.15, -0.1) is 10.2 Å². The molecule has 11 heteroatoms. The van der Waals surface area contributed by atoms with Gasteiger partial charge in [0.15, 0.2) is 11.5 Å². The lowest BCUT2D eigenvalue weighted by Crippen LogP contribution is -2.58. The zero-order chi connectivity index (χ0) is 24.5. The number of nitrogens with zero attached hydrogens (tertiary/aromatic N) is 3. The number of amides is 2. The number of aromatic nitrogens is 2. The summed E-state index contributed by atoms with van der Waals surface area (Å²) in [4.78, 5) is 27.3. The average molecular weight is 485 g/mol. The van der Waals surface area contributed by atoms with Crippen LogP contribution in [0, 0.1) is 0 Å². The highest BCUT2D eigenvalue weighted by molar-refractivity contribution is 7.99. The highest BCUT2D eigenvalue weighted by Crippen LogP contribution is 2.41. The molecular formula is C23H24N4O6S. The van der Waals surface area contributed by atoms with Gasteiger partial charge in [-0.3, -0.25) is 14.5 Å². The molecule has 34 heavy (non-hydrogen) atoms. The van der Waals surface area contributed by atoms with E-state index in [4.69, 9.17) is 18.6 Å². The first-order valence-electron chi connectivity index (χ1n) is 10.3. The van der Waals surface area contributed by atoms with Gasteiger partial charge in [-0.05, 0) is 38.1 Å². The van der Waals surface area contributed by atoms with E-state index in [0.717, 1.165) is 11.8 Å². The van der Waals surface area contributed by atoms with Crippen LogP contribution >= 0.6 is 11.8 Å². The molecule has 10 nitrogen and oxygen atoms in total. The number of ether oxygens (including phenoxy) is 3. The molecule has 0 bridgehead atoms. The Morgan fingerprint density at radius 2 is 1.76 bits per heavy atom. The molecule has 2 aromatic carbocycles. The van der Waals surface area contributed by atoms with Crippen LogP contribution in [0.25, 0.3) is 11.5 Å². The number of carbonyl (C=O) groups excluding carboxylic acids is 2. The van der Waals surface area contributed by atoms with Crippen LogP contribution in [0.2, 0.25) is 0 Å². The fourth-order valence-electron chi connectivity index (χ4n) is 3.68. The lowest BCUT2D eigenvalue weighted by atomic mass is 9.96. The summed E-state index contributed by atoms with van der Waals surface area (Å²) in [6.45, 7) is 3.41. The maximum atomic E-state index is 13.2. The average Bonchev–Trinajstić information content (AvgIpc) is 3.31. The van der Waals surface area contributed by atoms with E-state index in [2.05, 4.69) is 15.5 Å². The molecule has 2 heterocycles. The van der Waals surface area contributed by atoms with Crippen LogP contribution in [0.5, 0.6) is 17.2 Å². The minimum atomic E-state index is -1.05. The lowest BCUT2D eigenvalue weighted by Gasteiger charge is -2.42. The number of anilines is 2. The predicted octanol–water partition coefficient (Wildman–Crippen LogP) is 3.62. The summed E-state index contributed by atoms with van der Waals surface area (Å²) in [6, 6.07) is 10.6. The number of carbonyl (C=O) groups is 2. The molecule has 0 radical (unpaired) electrons. The van der Waals surface area contributed by atoms with Crippen molar-refractivity contribution in [3.63, 3.8) is 0 Å². The van der Waals surface area contributed by atoms with Gasteiger partial charge in [-0.25, -0.2) is 0 Å². The Hall–Kier alpha value is -3.73. The van der Waals surface area contributed by atoms with Crippen LogP contribution in [0.15, 0.2) is 46.0 Å². The SMILES string of the molecule is COc1cc(-c2nnc(SCC(=O)N3c4ccccc4NC(=O)C3(C)C)o2)cc(OC)c1OC. The van der Waals surface area contributed by atoms with Crippen molar-refractivity contribution in [3.8, 4) is 28.7 Å². The van der Waals surface area contributed by atoms with Gasteiger partial charge in [0.25, 0.3) is 5.22 Å². The highest BCUT2D eigenvalue weighted by Gasteiger charge is 2.43. The number of hydrogen-bond donors (Lipinski definition) is 1. The second-order valence-electron chi connectivity index (χ2n) is 7.84. The second-order valence-corrected chi connectivity index (χ2v) is 8.76. The maximum Gasteiger partial charge on any atom is 0.277 e. The number of para-hydroxylation sites is 2. The van der Waals surface area contributed by atoms with E-state index in [1.807, 2.05) is 6.07 Å². The molecule has 1 aromatic heterocycles. The number of methoxy groups -OCH3 is 3. The van der Waals surface area contributed by atoms with Crippen molar-refractivity contribution in [2.75, 3.05) is 37.3 Å². The molecule has 4 rings (SSSR count). The topological polar surface area (TPSA) is 116 Å². The minimum absolute atomic E-state index is 0.00192. The molecule has 0 fully saturated rings. The van der Waals surface area contributed by atoms with Crippen LogP contribution in [0.4, 0.5) is 11.4 Å². The molecular weight excluding hydrogens is 460 g/mol. The maximum absolute atomic E-state index is 13.2. The largest absolute Gasteiger partial charge is 0.493 e. The third-order valence-corrected chi connectivity index (χ3v) is 6.20. The molecule has 0 aliphatic carbocycles. The molecule has 0 saturated carbocycles. The molecule has 178 valence electrons. The van der Waals surface area contributed by atoms with Crippen LogP contribution in [-0.2, 0) is 9.59 Å². The van der Waals surface area contributed by atoms with E-state index in [0.29, 0.717) is 34.2 Å². The van der Waals surface area contributed by atoms with Crippen molar-refractivity contribution in [2.45, 2.75) is 24.6 Å². The summed E-state index contributed by atoms with van der Waals surface area (Å²) in [5.41, 5.74) is 0.749. The first-order chi connectivity index (χ1) is 16.3. The third kappa shape index (κ3) is 4.14. The fourth-order valence-corrected chi connectivity index (χ4v) is 4.29. The Bertz CT molecular complexity index is 1220. The Kier molecular flexibility index (Phi) is 6.38. The summed E-state index contributed by atoms with van der Waals surface area (Å²) >= 11 is 1.09. The standard InChI is InChI=1S/C23H24N4O6S/c1-23(2)21(29)24-14-8-6-7-9-15(14)27(23)18(28)12-34-22-26-25-20(33-22)13-10-16(30-3)19(32-5)17(11-13)31-4/h6-11H,12H2,1-5H3,(H,24,29). The summed E-state index contributed by atoms with van der Waals surface area (Å²) in [6.07, 6.45) is 0. The van der Waals surface area contributed by atoms with Gasteiger partial charge < -0.3 is 23.9 Å². The number of hydrogen-bond acceptors (Lipinski definition) is 9. The first-order valence-corrected chi connectivity index (χ1v) is 11.3. The smallest absolute Gasteiger partial charge is 0.277 e. The predicted molar refractivity (Wildman–Crippen MR) is 127 cm³/mol. The number of fused-ring (bicyclic) bond motifs is 1. The quantitative estimate of drug-likeness (QED) is 0.502. The second kappa shape index (κ2) is 9.26. The number of rotatable bonds is 7. The Labute approximate surface area is 200 Å². The summed E-state index contributed by atoms with van der Waals surface area (Å²) in [7, 11) is 4.55. The van der Waals surface area contributed by atoms with Gasteiger partial charge in [-0.2, -0.15) is 0 Å². The number of nitrogens with one attached hydrogen (secondary N) is 1. The minimum Gasteiger partial charge on any atom is -0.493 e. The summed E-state index contributed by atoms with van der Waals surface area (Å²) < 4.78 is 21.8. The van der Waals surface area contributed by atoms with Crippen molar-refractivity contribution < 1.29 is 28.2 Å². The van der Waals surface area contributed by atoms with E-state index < -0.39 is 5.54 Å². The van der Waals surface area contributed by atoms with Gasteiger partial charge in [0.2, 0.25) is 23.5 Å². The molecule has 3 aromatic rings. The van der Waals surface area contributed by atoms with Gasteiger partial charge in [0.05, 0.1) is 38.5 Å². The molecule has 1 N–H and O–H groups in total. The number of benzene rings is 2. The third-order valence-electron chi connectivity index (χ3n) is 5.39. The van der Waals surface area contributed by atoms with Crippen LogP contribution in [0.1, 0.15) is 13.8 Å². The van der Waals surface area contributed by atoms with Gasteiger partial charge >= 0.3 is 0 Å². The van der Waals surface area contributed by atoms with Crippen LogP contribution in [0.3, 0.4) is 0 Å². The van der Waals surface area contributed by atoms with Crippen molar-refractivity contribution in [1.29, 1.82) is 0 Å². The fraction of sp³-hybridized carbons (Fsp3) is 0.304.